The first-order valence-corrected chi connectivity index (χ1v) is 6.67. The molecule has 1 aliphatic rings. The fraction of sp³-hybridized carbons (Fsp3) is 0.455. The first kappa shape index (κ1) is 10.5. The second kappa shape index (κ2) is 4.25. The highest BCUT2D eigenvalue weighted by atomic mass is 79.9. The van der Waals surface area contributed by atoms with E-state index in [2.05, 4.69) is 41.1 Å². The molecule has 1 nitrogen and oxygen atoms in total. The van der Waals surface area contributed by atoms with E-state index in [0.29, 0.717) is 5.25 Å². The van der Waals surface area contributed by atoms with E-state index in [1.807, 2.05) is 11.8 Å². The summed E-state index contributed by atoms with van der Waals surface area (Å²) in [5.41, 5.74) is 8.87. The average Bonchev–Trinajstić information content (AvgIpc) is 2.28. The summed E-state index contributed by atoms with van der Waals surface area (Å²) in [4.78, 5) is 0. The van der Waals surface area contributed by atoms with E-state index < -0.39 is 0 Å². The fourth-order valence-corrected chi connectivity index (χ4v) is 3.68. The molecular weight excluding hydrogens is 258 g/mol. The van der Waals surface area contributed by atoms with Crippen LogP contribution >= 0.6 is 27.7 Å². The second-order valence-electron chi connectivity index (χ2n) is 3.77. The van der Waals surface area contributed by atoms with E-state index in [1.54, 1.807) is 0 Å². The van der Waals surface area contributed by atoms with Crippen LogP contribution in [0.4, 0.5) is 0 Å². The topological polar surface area (TPSA) is 26.0 Å². The SMILES string of the molecule is CC1C[C@H](N)c2cccc(Br)c2CS1. The van der Waals surface area contributed by atoms with Gasteiger partial charge in [0, 0.05) is 21.5 Å². The molecule has 2 N–H and O–H groups in total. The zero-order valence-corrected chi connectivity index (χ0v) is 10.6. The number of hydrogen-bond acceptors (Lipinski definition) is 2. The van der Waals surface area contributed by atoms with Crippen LogP contribution in [0.2, 0.25) is 0 Å². The molecule has 0 amide bonds. The van der Waals surface area contributed by atoms with Gasteiger partial charge >= 0.3 is 0 Å². The number of halogens is 1. The quantitative estimate of drug-likeness (QED) is 0.782. The summed E-state index contributed by atoms with van der Waals surface area (Å²) in [7, 11) is 0. The molecule has 1 aromatic carbocycles. The Balaban J connectivity index is 2.43. The zero-order valence-electron chi connectivity index (χ0n) is 8.16. The van der Waals surface area contributed by atoms with Gasteiger partial charge in [0.2, 0.25) is 0 Å². The molecule has 1 heterocycles. The van der Waals surface area contributed by atoms with Crippen LogP contribution in [0.25, 0.3) is 0 Å². The van der Waals surface area contributed by atoms with E-state index in [4.69, 9.17) is 5.73 Å². The van der Waals surface area contributed by atoms with Crippen molar-refractivity contribution in [3.63, 3.8) is 0 Å². The zero-order chi connectivity index (χ0) is 10.1. The lowest BCUT2D eigenvalue weighted by Gasteiger charge is -2.14. The third-order valence-electron chi connectivity index (χ3n) is 2.65. The number of hydrogen-bond donors (Lipinski definition) is 1. The summed E-state index contributed by atoms with van der Waals surface area (Å²) in [5.74, 6) is 1.08. The van der Waals surface area contributed by atoms with Crippen molar-refractivity contribution in [3.8, 4) is 0 Å². The van der Waals surface area contributed by atoms with Crippen LogP contribution in [-0.4, -0.2) is 5.25 Å². The summed E-state index contributed by atoms with van der Waals surface area (Å²) in [6, 6.07) is 6.53. The van der Waals surface area contributed by atoms with Gasteiger partial charge in [-0.25, -0.2) is 0 Å². The number of benzene rings is 1. The molecule has 0 bridgehead atoms. The Morgan fingerprint density at radius 3 is 3.07 bits per heavy atom. The minimum Gasteiger partial charge on any atom is -0.324 e. The van der Waals surface area contributed by atoms with Gasteiger partial charge in [0.25, 0.3) is 0 Å². The van der Waals surface area contributed by atoms with E-state index >= 15 is 0 Å². The maximum Gasteiger partial charge on any atom is 0.0308 e. The van der Waals surface area contributed by atoms with Crippen molar-refractivity contribution in [1.82, 2.24) is 0 Å². The van der Waals surface area contributed by atoms with Gasteiger partial charge in [-0.05, 0) is 23.6 Å². The first-order valence-electron chi connectivity index (χ1n) is 4.83. The molecule has 1 aromatic rings. The number of nitrogens with two attached hydrogens (primary N) is 1. The average molecular weight is 272 g/mol. The summed E-state index contributed by atoms with van der Waals surface area (Å²) >= 11 is 5.58. The summed E-state index contributed by atoms with van der Waals surface area (Å²) in [5, 5.41) is 0.657. The smallest absolute Gasteiger partial charge is 0.0308 e. The maximum absolute atomic E-state index is 6.17. The third kappa shape index (κ3) is 2.00. The molecule has 2 rings (SSSR count). The molecule has 3 heteroatoms. The van der Waals surface area contributed by atoms with Gasteiger partial charge in [-0.1, -0.05) is 35.0 Å². The Hall–Kier alpha value is 0.01000. The van der Waals surface area contributed by atoms with Crippen molar-refractivity contribution in [2.75, 3.05) is 0 Å². The van der Waals surface area contributed by atoms with Crippen LogP contribution in [0.15, 0.2) is 22.7 Å². The lowest BCUT2D eigenvalue weighted by atomic mass is 9.99. The predicted molar refractivity (Wildman–Crippen MR) is 66.4 cm³/mol. The molecule has 1 aliphatic heterocycles. The highest BCUT2D eigenvalue weighted by Gasteiger charge is 2.20. The molecule has 0 aliphatic carbocycles. The minimum atomic E-state index is 0.201. The first-order chi connectivity index (χ1) is 6.68. The Morgan fingerprint density at radius 1 is 1.50 bits per heavy atom. The molecular formula is C11H14BrNS. The van der Waals surface area contributed by atoms with Gasteiger partial charge in [0.15, 0.2) is 0 Å². The molecule has 0 radical (unpaired) electrons. The highest BCUT2D eigenvalue weighted by molar-refractivity contribution is 9.10. The summed E-state index contributed by atoms with van der Waals surface area (Å²) < 4.78 is 1.20. The molecule has 0 aromatic heterocycles. The Morgan fingerprint density at radius 2 is 2.29 bits per heavy atom. The molecule has 0 saturated carbocycles. The molecule has 0 fully saturated rings. The van der Waals surface area contributed by atoms with Crippen LogP contribution in [-0.2, 0) is 5.75 Å². The molecule has 1 unspecified atom stereocenters. The van der Waals surface area contributed by atoms with Gasteiger partial charge in [0.05, 0.1) is 0 Å². The fourth-order valence-electron chi connectivity index (χ4n) is 1.85. The number of rotatable bonds is 0. The van der Waals surface area contributed by atoms with Gasteiger partial charge in [-0.3, -0.25) is 0 Å². The Kier molecular flexibility index (Phi) is 3.20. The van der Waals surface area contributed by atoms with E-state index in [1.165, 1.54) is 15.6 Å². The van der Waals surface area contributed by atoms with E-state index in [0.717, 1.165) is 12.2 Å². The van der Waals surface area contributed by atoms with E-state index in [9.17, 15) is 0 Å². The lowest BCUT2D eigenvalue weighted by molar-refractivity contribution is 0.651. The van der Waals surface area contributed by atoms with E-state index in [-0.39, 0.29) is 6.04 Å². The maximum atomic E-state index is 6.17. The van der Waals surface area contributed by atoms with Crippen LogP contribution < -0.4 is 5.73 Å². The monoisotopic (exact) mass is 271 g/mol. The van der Waals surface area contributed by atoms with Gasteiger partial charge < -0.3 is 5.73 Å². The van der Waals surface area contributed by atoms with Crippen molar-refractivity contribution in [1.29, 1.82) is 0 Å². The largest absolute Gasteiger partial charge is 0.324 e. The molecule has 14 heavy (non-hydrogen) atoms. The molecule has 2 atom stereocenters. The Labute approximate surface area is 97.6 Å². The van der Waals surface area contributed by atoms with Crippen LogP contribution in [0, 0.1) is 0 Å². The molecule has 0 saturated heterocycles. The van der Waals surface area contributed by atoms with Crippen molar-refractivity contribution < 1.29 is 0 Å². The molecule has 76 valence electrons. The standard InChI is InChI=1S/C11H14BrNS/c1-7-5-11(13)8-3-2-4-10(12)9(8)6-14-7/h2-4,7,11H,5-6,13H2,1H3/t7?,11-/m0/s1. The summed E-state index contributed by atoms with van der Waals surface area (Å²) in [6.45, 7) is 2.25. The van der Waals surface area contributed by atoms with Crippen LogP contribution in [0.5, 0.6) is 0 Å². The molecule has 0 spiro atoms. The normalized spacial score (nSPS) is 26.8. The summed E-state index contributed by atoms with van der Waals surface area (Å²) in [6.07, 6.45) is 1.08. The van der Waals surface area contributed by atoms with Crippen molar-refractivity contribution in [3.05, 3.63) is 33.8 Å². The van der Waals surface area contributed by atoms with Gasteiger partial charge in [-0.2, -0.15) is 11.8 Å². The van der Waals surface area contributed by atoms with Crippen LogP contribution in [0.1, 0.15) is 30.5 Å². The second-order valence-corrected chi connectivity index (χ2v) is 6.05. The van der Waals surface area contributed by atoms with Crippen molar-refractivity contribution >= 4 is 27.7 Å². The van der Waals surface area contributed by atoms with Crippen molar-refractivity contribution in [2.24, 2.45) is 5.73 Å². The van der Waals surface area contributed by atoms with Crippen molar-refractivity contribution in [2.45, 2.75) is 30.4 Å². The Bertz CT molecular complexity index is 340. The lowest BCUT2D eigenvalue weighted by Crippen LogP contribution is -2.14. The third-order valence-corrected chi connectivity index (χ3v) is 4.61. The number of fused-ring (bicyclic) bond motifs is 1. The minimum absolute atomic E-state index is 0.201. The number of thioether (sulfide) groups is 1. The van der Waals surface area contributed by atoms with Gasteiger partial charge in [-0.15, -0.1) is 0 Å². The van der Waals surface area contributed by atoms with Crippen LogP contribution in [0.3, 0.4) is 0 Å². The highest BCUT2D eigenvalue weighted by Crippen LogP contribution is 2.36. The predicted octanol–water partition coefficient (Wildman–Crippen LogP) is 3.47. The van der Waals surface area contributed by atoms with Gasteiger partial charge in [0.1, 0.15) is 0 Å².